The number of piperazine rings is 1. The van der Waals surface area contributed by atoms with Crippen molar-refractivity contribution >= 4 is 34.0 Å². The molecule has 188 valence electrons. The lowest BCUT2D eigenvalue weighted by atomic mass is 10.1. The molecule has 2 atom stereocenters. The van der Waals surface area contributed by atoms with E-state index in [1.807, 2.05) is 0 Å². The highest BCUT2D eigenvalue weighted by atomic mass is 35.5. The maximum atomic E-state index is 14.3. The zero-order valence-corrected chi connectivity index (χ0v) is 20.1. The number of hydrogen-bond donors (Lipinski definition) is 4. The summed E-state index contributed by atoms with van der Waals surface area (Å²) in [5.74, 6) is 0.713. The first kappa shape index (κ1) is 25.3. The predicted octanol–water partition coefficient (Wildman–Crippen LogP) is 2.92. The van der Waals surface area contributed by atoms with Crippen LogP contribution in [0.3, 0.4) is 0 Å². The lowest BCUT2D eigenvalue weighted by molar-refractivity contribution is -0.0749. The SMILES string of the molecule is COc1cc2c(Nc3ccc(Cl)cc3F)ncnc2cc1OC(C(O)CCCO)N1CCNCC1. The Morgan fingerprint density at radius 3 is 2.71 bits per heavy atom. The largest absolute Gasteiger partial charge is 0.493 e. The maximum Gasteiger partial charge on any atom is 0.179 e. The summed E-state index contributed by atoms with van der Waals surface area (Å²) >= 11 is 5.86. The van der Waals surface area contributed by atoms with Crippen LogP contribution in [0.4, 0.5) is 15.9 Å². The Balaban J connectivity index is 1.66. The smallest absolute Gasteiger partial charge is 0.179 e. The maximum absolute atomic E-state index is 14.3. The third kappa shape index (κ3) is 6.09. The number of halogens is 2. The molecule has 4 N–H and O–H groups in total. The van der Waals surface area contributed by atoms with Crippen molar-refractivity contribution in [1.82, 2.24) is 20.2 Å². The number of benzene rings is 2. The number of aliphatic hydroxyl groups excluding tert-OH is 2. The van der Waals surface area contributed by atoms with Crippen LogP contribution < -0.4 is 20.1 Å². The van der Waals surface area contributed by atoms with Gasteiger partial charge in [-0.05, 0) is 37.1 Å². The third-order valence-electron chi connectivity index (χ3n) is 5.85. The number of nitrogens with zero attached hydrogens (tertiary/aromatic N) is 3. The van der Waals surface area contributed by atoms with Crippen LogP contribution in [-0.2, 0) is 0 Å². The zero-order chi connectivity index (χ0) is 24.8. The van der Waals surface area contributed by atoms with Gasteiger partial charge < -0.3 is 30.3 Å². The lowest BCUT2D eigenvalue weighted by Crippen LogP contribution is -2.54. The van der Waals surface area contributed by atoms with E-state index in [2.05, 4.69) is 25.5 Å². The number of anilines is 2. The van der Waals surface area contributed by atoms with Gasteiger partial charge in [0.1, 0.15) is 24.1 Å². The second-order valence-corrected chi connectivity index (χ2v) is 8.66. The fraction of sp³-hybridized carbons (Fsp3) is 0.417. The number of ether oxygens (including phenoxy) is 2. The monoisotopic (exact) mass is 505 g/mol. The Labute approximate surface area is 207 Å². The van der Waals surface area contributed by atoms with Gasteiger partial charge in [0.25, 0.3) is 0 Å². The molecule has 0 saturated carbocycles. The molecule has 0 bridgehead atoms. The molecule has 9 nitrogen and oxygen atoms in total. The number of aromatic nitrogens is 2. The van der Waals surface area contributed by atoms with Gasteiger partial charge in [-0.3, -0.25) is 4.90 Å². The normalized spacial score (nSPS) is 16.1. The van der Waals surface area contributed by atoms with Crippen LogP contribution in [0.1, 0.15) is 12.8 Å². The Kier molecular flexibility index (Phi) is 8.53. The number of fused-ring (bicyclic) bond motifs is 1. The van der Waals surface area contributed by atoms with Gasteiger partial charge in [-0.25, -0.2) is 14.4 Å². The molecule has 1 aliphatic rings. The predicted molar refractivity (Wildman–Crippen MR) is 132 cm³/mol. The summed E-state index contributed by atoms with van der Waals surface area (Å²) in [5, 5.41) is 27.3. The summed E-state index contributed by atoms with van der Waals surface area (Å²) in [5.41, 5.74) is 0.774. The average molecular weight is 506 g/mol. The molecular formula is C24H29ClFN5O4. The highest BCUT2D eigenvalue weighted by molar-refractivity contribution is 6.30. The molecule has 0 radical (unpaired) electrons. The molecule has 1 fully saturated rings. The summed E-state index contributed by atoms with van der Waals surface area (Å²) in [4.78, 5) is 10.7. The first-order valence-corrected chi connectivity index (χ1v) is 11.8. The molecule has 2 unspecified atom stereocenters. The molecule has 0 amide bonds. The molecule has 1 aromatic heterocycles. The van der Waals surface area contributed by atoms with Crippen LogP contribution in [0.5, 0.6) is 11.5 Å². The summed E-state index contributed by atoms with van der Waals surface area (Å²) in [6.07, 6.45) is 0.794. The van der Waals surface area contributed by atoms with Crippen molar-refractivity contribution in [2.75, 3.05) is 45.2 Å². The zero-order valence-electron chi connectivity index (χ0n) is 19.4. The molecule has 1 aliphatic heterocycles. The molecule has 0 spiro atoms. The molecule has 35 heavy (non-hydrogen) atoms. The summed E-state index contributed by atoms with van der Waals surface area (Å²) in [6, 6.07) is 7.77. The summed E-state index contributed by atoms with van der Waals surface area (Å²) in [6.45, 7) is 2.97. The van der Waals surface area contributed by atoms with E-state index < -0.39 is 18.1 Å². The minimum Gasteiger partial charge on any atom is -0.493 e. The number of nitrogens with one attached hydrogen (secondary N) is 2. The van der Waals surface area contributed by atoms with Gasteiger partial charge in [0, 0.05) is 49.3 Å². The van der Waals surface area contributed by atoms with Gasteiger partial charge in [0.15, 0.2) is 17.7 Å². The van der Waals surface area contributed by atoms with Crippen LogP contribution >= 0.6 is 11.6 Å². The van der Waals surface area contributed by atoms with Crippen molar-refractivity contribution in [3.05, 3.63) is 47.5 Å². The Morgan fingerprint density at radius 2 is 2.00 bits per heavy atom. The molecule has 11 heteroatoms. The molecule has 2 aromatic carbocycles. The fourth-order valence-electron chi connectivity index (χ4n) is 4.04. The van der Waals surface area contributed by atoms with Gasteiger partial charge >= 0.3 is 0 Å². The topological polar surface area (TPSA) is 112 Å². The third-order valence-corrected chi connectivity index (χ3v) is 6.09. The van der Waals surface area contributed by atoms with Gasteiger partial charge in [0.2, 0.25) is 0 Å². The van der Waals surface area contributed by atoms with Crippen molar-refractivity contribution in [1.29, 1.82) is 0 Å². The minimum absolute atomic E-state index is 0.00839. The Morgan fingerprint density at radius 1 is 1.20 bits per heavy atom. The van der Waals surface area contributed by atoms with E-state index in [0.29, 0.717) is 59.2 Å². The molecule has 4 rings (SSSR count). The van der Waals surface area contributed by atoms with Gasteiger partial charge in [0.05, 0.1) is 18.3 Å². The fourth-order valence-corrected chi connectivity index (χ4v) is 4.20. The first-order chi connectivity index (χ1) is 17.0. The standard InChI is InChI=1S/C24H29ClFN5O4/c1-34-21-12-16-19(28-14-29-23(16)30-18-5-4-15(25)11-17(18)26)13-22(21)35-24(20(33)3-2-10-32)31-8-6-27-7-9-31/h4-5,11-14,20,24,27,32-33H,2-3,6-10H2,1H3,(H,28,29,30). The van der Waals surface area contributed by atoms with Crippen LogP contribution in [0.25, 0.3) is 10.9 Å². The Bertz CT molecular complexity index is 1150. The van der Waals surface area contributed by atoms with Gasteiger partial charge in [-0.15, -0.1) is 0 Å². The van der Waals surface area contributed by atoms with E-state index in [-0.39, 0.29) is 12.3 Å². The molecule has 3 aromatic rings. The number of methoxy groups -OCH3 is 1. The minimum atomic E-state index is -0.809. The van der Waals surface area contributed by atoms with Crippen LogP contribution in [0, 0.1) is 5.82 Å². The molecule has 0 aliphatic carbocycles. The van der Waals surface area contributed by atoms with E-state index in [9.17, 15) is 14.6 Å². The number of hydrogen-bond acceptors (Lipinski definition) is 9. The number of aliphatic hydroxyl groups is 2. The van der Waals surface area contributed by atoms with E-state index in [0.717, 1.165) is 13.1 Å². The van der Waals surface area contributed by atoms with E-state index in [1.165, 1.54) is 25.6 Å². The van der Waals surface area contributed by atoms with Crippen LogP contribution in [0.2, 0.25) is 5.02 Å². The van der Waals surface area contributed by atoms with Crippen molar-refractivity contribution in [3.63, 3.8) is 0 Å². The van der Waals surface area contributed by atoms with Gasteiger partial charge in [-0.2, -0.15) is 0 Å². The first-order valence-electron chi connectivity index (χ1n) is 11.5. The van der Waals surface area contributed by atoms with Crippen molar-refractivity contribution < 1.29 is 24.1 Å². The highest BCUT2D eigenvalue weighted by Crippen LogP contribution is 2.36. The molecule has 1 saturated heterocycles. The van der Waals surface area contributed by atoms with Crippen molar-refractivity contribution in [2.24, 2.45) is 0 Å². The van der Waals surface area contributed by atoms with E-state index in [1.54, 1.807) is 18.2 Å². The Hall–Kier alpha value is -2.76. The van der Waals surface area contributed by atoms with E-state index >= 15 is 0 Å². The summed E-state index contributed by atoms with van der Waals surface area (Å²) in [7, 11) is 1.52. The van der Waals surface area contributed by atoms with Crippen LogP contribution in [0.15, 0.2) is 36.7 Å². The summed E-state index contributed by atoms with van der Waals surface area (Å²) < 4.78 is 26.3. The average Bonchev–Trinajstić information content (AvgIpc) is 2.87. The van der Waals surface area contributed by atoms with Gasteiger partial charge in [-0.1, -0.05) is 11.6 Å². The lowest BCUT2D eigenvalue weighted by Gasteiger charge is -2.37. The molecular weight excluding hydrogens is 477 g/mol. The molecule has 2 heterocycles. The van der Waals surface area contributed by atoms with Crippen LogP contribution in [-0.4, -0.2) is 77.3 Å². The van der Waals surface area contributed by atoms with Crippen molar-refractivity contribution in [2.45, 2.75) is 25.2 Å². The van der Waals surface area contributed by atoms with Crippen molar-refractivity contribution in [3.8, 4) is 11.5 Å². The second kappa shape index (κ2) is 11.8. The second-order valence-electron chi connectivity index (χ2n) is 8.22. The van der Waals surface area contributed by atoms with E-state index in [4.69, 9.17) is 21.1 Å². The highest BCUT2D eigenvalue weighted by Gasteiger charge is 2.30. The quantitative estimate of drug-likeness (QED) is 0.330. The number of rotatable bonds is 10.